The number of carbonyl (C=O) groups excluding carboxylic acids is 2. The molecule has 4 rings (SSSR count). The third-order valence-corrected chi connectivity index (χ3v) is 9.86. The van der Waals surface area contributed by atoms with Crippen LogP contribution in [0.3, 0.4) is 0 Å². The molecule has 0 bridgehead atoms. The van der Waals surface area contributed by atoms with E-state index in [1.54, 1.807) is 0 Å². The van der Waals surface area contributed by atoms with Crippen molar-refractivity contribution in [3.05, 3.63) is 11.6 Å². The first-order valence-corrected chi connectivity index (χ1v) is 13.3. The van der Waals surface area contributed by atoms with Crippen LogP contribution in [0.25, 0.3) is 0 Å². The molecule has 0 spiro atoms. The predicted octanol–water partition coefficient (Wildman–Crippen LogP) is 7.18. The largest absolute Gasteiger partial charge is 0.462 e. The SMILES string of the molecule is CCCCCCCCC(=O)O[C@H]1CC[C@@H]2[C@]1(C)CC[C@@H]1[C@H]3CCC(=O)C=C3CC[C@@]21C. The zero-order valence-electron chi connectivity index (χ0n) is 20.2. The second-order valence-electron chi connectivity index (χ2n) is 11.6. The molecule has 4 aliphatic rings. The van der Waals surface area contributed by atoms with Gasteiger partial charge in [-0.2, -0.15) is 0 Å². The maximum atomic E-state index is 12.6. The summed E-state index contributed by atoms with van der Waals surface area (Å²) in [5, 5.41) is 0. The number of fused-ring (bicyclic) bond motifs is 5. The summed E-state index contributed by atoms with van der Waals surface area (Å²) in [5.41, 5.74) is 1.91. The standard InChI is InChI=1S/C28H44O3/c1-4-5-6-7-8-9-10-26(30)31-25-14-13-24-27(2)17-15-20-19-21(29)11-12-22(20)23(27)16-18-28(24,25)3/h19,22-25H,4-18H2,1-3H3/t22-,23+,24-,25-,27+,28-/m0/s1. The number of hydrogen-bond donors (Lipinski definition) is 0. The van der Waals surface area contributed by atoms with Crippen LogP contribution in [0.5, 0.6) is 0 Å². The minimum Gasteiger partial charge on any atom is -0.462 e. The number of allylic oxidation sites excluding steroid dienone is 1. The van der Waals surface area contributed by atoms with Crippen molar-refractivity contribution < 1.29 is 14.3 Å². The van der Waals surface area contributed by atoms with Crippen LogP contribution in [0.4, 0.5) is 0 Å². The molecule has 0 aromatic rings. The van der Waals surface area contributed by atoms with Crippen molar-refractivity contribution in [1.29, 1.82) is 0 Å². The Balaban J connectivity index is 1.36. The Morgan fingerprint density at radius 1 is 0.968 bits per heavy atom. The zero-order chi connectivity index (χ0) is 22.1. The van der Waals surface area contributed by atoms with Gasteiger partial charge in [0.25, 0.3) is 0 Å². The lowest BCUT2D eigenvalue weighted by molar-refractivity contribution is -0.164. The van der Waals surface area contributed by atoms with Gasteiger partial charge in [-0.15, -0.1) is 0 Å². The molecule has 0 aromatic heterocycles. The smallest absolute Gasteiger partial charge is 0.306 e. The molecule has 31 heavy (non-hydrogen) atoms. The lowest BCUT2D eigenvalue weighted by atomic mass is 9.45. The molecule has 3 saturated carbocycles. The number of hydrogen-bond acceptors (Lipinski definition) is 3. The van der Waals surface area contributed by atoms with Gasteiger partial charge in [-0.3, -0.25) is 9.59 Å². The molecule has 4 aliphatic carbocycles. The number of esters is 1. The molecule has 0 amide bonds. The number of rotatable bonds is 8. The zero-order valence-corrected chi connectivity index (χ0v) is 20.2. The van der Waals surface area contributed by atoms with Gasteiger partial charge in [0, 0.05) is 18.3 Å². The van der Waals surface area contributed by atoms with Crippen molar-refractivity contribution in [1.82, 2.24) is 0 Å². The Labute approximate surface area is 189 Å². The van der Waals surface area contributed by atoms with Gasteiger partial charge in [0.2, 0.25) is 0 Å². The van der Waals surface area contributed by atoms with Crippen molar-refractivity contribution in [3.63, 3.8) is 0 Å². The summed E-state index contributed by atoms with van der Waals surface area (Å²) >= 11 is 0. The average molecular weight is 429 g/mol. The number of ketones is 1. The van der Waals surface area contributed by atoms with E-state index in [9.17, 15) is 9.59 Å². The molecule has 0 heterocycles. The predicted molar refractivity (Wildman–Crippen MR) is 125 cm³/mol. The highest BCUT2D eigenvalue weighted by atomic mass is 16.5. The maximum Gasteiger partial charge on any atom is 0.306 e. The van der Waals surface area contributed by atoms with E-state index < -0.39 is 0 Å². The number of carbonyl (C=O) groups is 2. The summed E-state index contributed by atoms with van der Waals surface area (Å²) in [4.78, 5) is 24.6. The van der Waals surface area contributed by atoms with Crippen LogP contribution < -0.4 is 0 Å². The van der Waals surface area contributed by atoms with Gasteiger partial charge in [0.1, 0.15) is 6.10 Å². The van der Waals surface area contributed by atoms with E-state index in [0.29, 0.717) is 35.4 Å². The fourth-order valence-electron chi connectivity index (χ4n) is 8.16. The highest BCUT2D eigenvalue weighted by Gasteiger charge is 2.62. The van der Waals surface area contributed by atoms with Gasteiger partial charge in [-0.1, -0.05) is 58.4 Å². The summed E-state index contributed by atoms with van der Waals surface area (Å²) in [7, 11) is 0. The van der Waals surface area contributed by atoms with Crippen molar-refractivity contribution in [2.75, 3.05) is 0 Å². The fourth-order valence-corrected chi connectivity index (χ4v) is 8.16. The monoisotopic (exact) mass is 428 g/mol. The van der Waals surface area contributed by atoms with Crippen molar-refractivity contribution in [3.8, 4) is 0 Å². The lowest BCUT2D eigenvalue weighted by Gasteiger charge is -2.59. The summed E-state index contributed by atoms with van der Waals surface area (Å²) in [5.74, 6) is 2.35. The van der Waals surface area contributed by atoms with Crippen LogP contribution in [0.2, 0.25) is 0 Å². The molecule has 0 unspecified atom stereocenters. The van der Waals surface area contributed by atoms with E-state index in [-0.39, 0.29) is 17.5 Å². The first-order chi connectivity index (χ1) is 14.9. The molecular formula is C28H44O3. The minimum atomic E-state index is 0.0364. The van der Waals surface area contributed by atoms with E-state index in [1.807, 2.05) is 6.08 Å². The van der Waals surface area contributed by atoms with Crippen LogP contribution in [0.1, 0.15) is 117 Å². The molecule has 0 aliphatic heterocycles. The molecule has 174 valence electrons. The first-order valence-electron chi connectivity index (χ1n) is 13.3. The highest BCUT2D eigenvalue weighted by molar-refractivity contribution is 5.91. The molecule has 0 N–H and O–H groups in total. The highest BCUT2D eigenvalue weighted by Crippen LogP contribution is 2.67. The average Bonchev–Trinajstić information content (AvgIpc) is 3.07. The Hall–Kier alpha value is -1.12. The summed E-state index contributed by atoms with van der Waals surface area (Å²) in [6, 6.07) is 0. The Morgan fingerprint density at radius 3 is 2.55 bits per heavy atom. The molecule has 6 atom stereocenters. The van der Waals surface area contributed by atoms with Crippen LogP contribution >= 0.6 is 0 Å². The molecule has 3 nitrogen and oxygen atoms in total. The van der Waals surface area contributed by atoms with Gasteiger partial charge in [-0.05, 0) is 80.6 Å². The second-order valence-corrected chi connectivity index (χ2v) is 11.6. The Bertz CT molecular complexity index is 709. The quantitative estimate of drug-likeness (QED) is 0.304. The summed E-state index contributed by atoms with van der Waals surface area (Å²) < 4.78 is 6.16. The number of unbranched alkanes of at least 4 members (excludes halogenated alkanes) is 5. The second kappa shape index (κ2) is 9.40. The third-order valence-electron chi connectivity index (χ3n) is 9.86. The topological polar surface area (TPSA) is 43.4 Å². The molecular weight excluding hydrogens is 384 g/mol. The van der Waals surface area contributed by atoms with E-state index in [4.69, 9.17) is 4.74 Å². The molecule has 0 aromatic carbocycles. The fraction of sp³-hybridized carbons (Fsp3) is 0.857. The van der Waals surface area contributed by atoms with Crippen molar-refractivity contribution in [2.24, 2.45) is 28.6 Å². The molecule has 3 heteroatoms. The normalized spacial score (nSPS) is 39.3. The van der Waals surface area contributed by atoms with Gasteiger partial charge in [-0.25, -0.2) is 0 Å². The van der Waals surface area contributed by atoms with E-state index >= 15 is 0 Å². The maximum absolute atomic E-state index is 12.6. The first kappa shape index (κ1) is 23.1. The number of ether oxygens (including phenoxy) is 1. The lowest BCUT2D eigenvalue weighted by Crippen LogP contribution is -2.54. The Morgan fingerprint density at radius 2 is 1.74 bits per heavy atom. The van der Waals surface area contributed by atoms with Gasteiger partial charge in [0.15, 0.2) is 5.78 Å². The van der Waals surface area contributed by atoms with Crippen molar-refractivity contribution in [2.45, 2.75) is 123 Å². The van der Waals surface area contributed by atoms with E-state index in [1.165, 1.54) is 56.9 Å². The molecule has 0 saturated heterocycles. The Kier molecular flexibility index (Phi) is 6.99. The minimum absolute atomic E-state index is 0.0364. The molecule has 3 fully saturated rings. The van der Waals surface area contributed by atoms with Gasteiger partial charge >= 0.3 is 5.97 Å². The van der Waals surface area contributed by atoms with Crippen LogP contribution in [0.15, 0.2) is 11.6 Å². The van der Waals surface area contributed by atoms with Crippen LogP contribution in [-0.2, 0) is 14.3 Å². The van der Waals surface area contributed by atoms with Crippen LogP contribution in [-0.4, -0.2) is 17.9 Å². The van der Waals surface area contributed by atoms with Gasteiger partial charge in [0.05, 0.1) is 0 Å². The van der Waals surface area contributed by atoms with Gasteiger partial charge < -0.3 is 4.74 Å². The van der Waals surface area contributed by atoms with E-state index in [0.717, 1.165) is 38.5 Å². The summed E-state index contributed by atoms with van der Waals surface area (Å²) in [6.07, 6.45) is 18.6. The van der Waals surface area contributed by atoms with Crippen molar-refractivity contribution >= 4 is 11.8 Å². The summed E-state index contributed by atoms with van der Waals surface area (Å²) in [6.45, 7) is 7.19. The molecule has 0 radical (unpaired) electrons. The van der Waals surface area contributed by atoms with Crippen LogP contribution in [0, 0.1) is 28.6 Å². The third kappa shape index (κ3) is 4.40. The van der Waals surface area contributed by atoms with E-state index in [2.05, 4.69) is 20.8 Å².